The highest BCUT2D eigenvalue weighted by Gasteiger charge is 2.49. The highest BCUT2D eigenvalue weighted by Crippen LogP contribution is 2.44. The van der Waals surface area contributed by atoms with Crippen molar-refractivity contribution in [3.63, 3.8) is 0 Å². The van der Waals surface area contributed by atoms with Gasteiger partial charge in [-0.1, -0.05) is 11.6 Å². The molecule has 3 aromatic rings. The number of hydrogen-bond donors (Lipinski definition) is 2. The minimum atomic E-state index is -1.11. The number of aromatic nitrogens is 3. The summed E-state index contributed by atoms with van der Waals surface area (Å²) in [5.41, 5.74) is 2.62. The number of aliphatic hydroxyl groups is 2. The lowest BCUT2D eigenvalue weighted by Gasteiger charge is -2.29. The molecule has 0 saturated carbocycles. The fourth-order valence-electron chi connectivity index (χ4n) is 3.93. The Kier molecular flexibility index (Phi) is 4.23. The van der Waals surface area contributed by atoms with Crippen molar-refractivity contribution >= 4 is 34.0 Å². The minimum Gasteiger partial charge on any atom is -0.387 e. The lowest BCUT2D eigenvalue weighted by atomic mass is 9.99. The lowest BCUT2D eigenvalue weighted by molar-refractivity contribution is -0.112. The topological polar surface area (TPSA) is 89.6 Å². The van der Waals surface area contributed by atoms with Gasteiger partial charge in [-0.3, -0.25) is 0 Å². The predicted molar refractivity (Wildman–Crippen MR) is 99.9 cm³/mol. The molecule has 5 heterocycles. The summed E-state index contributed by atoms with van der Waals surface area (Å²) < 4.78 is 14.5. The zero-order valence-electron chi connectivity index (χ0n) is 14.4. The van der Waals surface area contributed by atoms with Gasteiger partial charge >= 0.3 is 0 Å². The largest absolute Gasteiger partial charge is 0.387 e. The van der Waals surface area contributed by atoms with Gasteiger partial charge in [0.2, 0.25) is 0 Å². The van der Waals surface area contributed by atoms with Crippen LogP contribution in [0.5, 0.6) is 0 Å². The van der Waals surface area contributed by atoms with E-state index in [-0.39, 0.29) is 0 Å². The third kappa shape index (κ3) is 2.71. The SMILES string of the molecule is Cc1ncnc2c1ccn2[C@@H]1O[C@H]([C@@H]2OCCc3cc(Cl)sc32)[C@@H](O)[C@H]1O. The summed E-state index contributed by atoms with van der Waals surface area (Å²) in [6.07, 6.45) is -0.0580. The van der Waals surface area contributed by atoms with Crippen LogP contribution in [0.1, 0.15) is 28.5 Å². The Bertz CT molecular complexity index is 1010. The average Bonchev–Trinajstić information content (AvgIpc) is 3.32. The van der Waals surface area contributed by atoms with E-state index in [0.717, 1.165) is 27.9 Å². The molecular formula is C18H18ClN3O4S. The van der Waals surface area contributed by atoms with E-state index in [4.69, 9.17) is 21.1 Å². The van der Waals surface area contributed by atoms with Gasteiger partial charge in [0.15, 0.2) is 6.23 Å². The molecular weight excluding hydrogens is 390 g/mol. The maximum absolute atomic E-state index is 10.7. The molecule has 5 rings (SSSR count). The fourth-order valence-corrected chi connectivity index (χ4v) is 5.33. The molecule has 0 radical (unpaired) electrons. The maximum atomic E-state index is 10.7. The summed E-state index contributed by atoms with van der Waals surface area (Å²) in [5.74, 6) is 0. The summed E-state index contributed by atoms with van der Waals surface area (Å²) >= 11 is 7.60. The van der Waals surface area contributed by atoms with Crippen molar-refractivity contribution in [1.82, 2.24) is 14.5 Å². The third-order valence-corrected chi connectivity index (χ3v) is 6.66. The second-order valence-electron chi connectivity index (χ2n) is 6.87. The number of halogens is 1. The third-order valence-electron chi connectivity index (χ3n) is 5.30. The number of ether oxygens (including phenoxy) is 2. The maximum Gasteiger partial charge on any atom is 0.164 e. The number of aryl methyl sites for hydroxylation is 1. The molecule has 0 unspecified atom stereocenters. The predicted octanol–water partition coefficient (Wildman–Crippen LogP) is 2.39. The molecule has 9 heteroatoms. The van der Waals surface area contributed by atoms with Crippen LogP contribution in [0.15, 0.2) is 24.7 Å². The van der Waals surface area contributed by atoms with Gasteiger partial charge in [0.1, 0.15) is 36.4 Å². The van der Waals surface area contributed by atoms with Crippen molar-refractivity contribution in [1.29, 1.82) is 0 Å². The number of rotatable bonds is 2. The van der Waals surface area contributed by atoms with Gasteiger partial charge in [0.05, 0.1) is 16.6 Å². The molecule has 142 valence electrons. The van der Waals surface area contributed by atoms with Crippen LogP contribution in [0.4, 0.5) is 0 Å². The van der Waals surface area contributed by atoms with Crippen LogP contribution in [0, 0.1) is 6.92 Å². The van der Waals surface area contributed by atoms with E-state index in [9.17, 15) is 10.2 Å². The zero-order valence-corrected chi connectivity index (χ0v) is 16.0. The van der Waals surface area contributed by atoms with Crippen molar-refractivity contribution in [3.05, 3.63) is 45.1 Å². The van der Waals surface area contributed by atoms with Gasteiger partial charge in [0.25, 0.3) is 0 Å². The summed E-state index contributed by atoms with van der Waals surface area (Å²) in [6, 6.07) is 3.82. The Morgan fingerprint density at radius 3 is 3.00 bits per heavy atom. The van der Waals surface area contributed by atoms with Crippen LogP contribution in [0.3, 0.4) is 0 Å². The number of fused-ring (bicyclic) bond motifs is 2. The van der Waals surface area contributed by atoms with Gasteiger partial charge in [-0.25, -0.2) is 9.97 Å². The van der Waals surface area contributed by atoms with Crippen LogP contribution >= 0.6 is 22.9 Å². The highest BCUT2D eigenvalue weighted by molar-refractivity contribution is 7.16. The molecule has 0 spiro atoms. The molecule has 2 aliphatic heterocycles. The van der Waals surface area contributed by atoms with E-state index in [1.807, 2.05) is 19.1 Å². The van der Waals surface area contributed by atoms with Crippen LogP contribution in [-0.2, 0) is 15.9 Å². The van der Waals surface area contributed by atoms with Crippen molar-refractivity contribution in [2.24, 2.45) is 0 Å². The first kappa shape index (κ1) is 17.5. The molecule has 27 heavy (non-hydrogen) atoms. The van der Waals surface area contributed by atoms with Crippen LogP contribution in [0.2, 0.25) is 4.34 Å². The summed E-state index contributed by atoms with van der Waals surface area (Å²) in [6.45, 7) is 2.42. The van der Waals surface area contributed by atoms with Crippen molar-refractivity contribution in [2.75, 3.05) is 6.61 Å². The van der Waals surface area contributed by atoms with E-state index in [2.05, 4.69) is 9.97 Å². The van der Waals surface area contributed by atoms with E-state index < -0.39 is 30.6 Å². The van der Waals surface area contributed by atoms with E-state index in [1.54, 1.807) is 10.8 Å². The van der Waals surface area contributed by atoms with Gasteiger partial charge in [-0.05, 0) is 31.0 Å². The van der Waals surface area contributed by atoms with Crippen LogP contribution in [0.25, 0.3) is 11.0 Å². The molecule has 2 aliphatic rings. The van der Waals surface area contributed by atoms with Gasteiger partial charge in [0, 0.05) is 16.5 Å². The number of hydrogen-bond acceptors (Lipinski definition) is 7. The summed E-state index contributed by atoms with van der Waals surface area (Å²) in [7, 11) is 0. The van der Waals surface area contributed by atoms with Crippen molar-refractivity contribution in [2.45, 2.75) is 44.0 Å². The molecule has 5 atom stereocenters. The van der Waals surface area contributed by atoms with Crippen molar-refractivity contribution in [3.8, 4) is 0 Å². The Morgan fingerprint density at radius 1 is 1.30 bits per heavy atom. The Labute approximate surface area is 164 Å². The molecule has 2 N–H and O–H groups in total. The molecule has 1 saturated heterocycles. The Morgan fingerprint density at radius 2 is 2.15 bits per heavy atom. The number of nitrogens with zero attached hydrogens (tertiary/aromatic N) is 3. The molecule has 1 fully saturated rings. The van der Waals surface area contributed by atoms with E-state index in [1.165, 1.54) is 17.7 Å². The second kappa shape index (κ2) is 6.51. The molecule has 0 amide bonds. The normalized spacial score (nSPS) is 30.7. The molecule has 7 nitrogen and oxygen atoms in total. The fraction of sp³-hybridized carbons (Fsp3) is 0.444. The molecule has 3 aromatic heterocycles. The van der Waals surface area contributed by atoms with E-state index in [0.29, 0.717) is 16.6 Å². The van der Waals surface area contributed by atoms with Crippen LogP contribution < -0.4 is 0 Å². The lowest BCUT2D eigenvalue weighted by Crippen LogP contribution is -2.37. The van der Waals surface area contributed by atoms with Gasteiger partial charge in [-0.15, -0.1) is 11.3 Å². The van der Waals surface area contributed by atoms with Gasteiger partial charge < -0.3 is 24.3 Å². The zero-order chi connectivity index (χ0) is 18.7. The first-order valence-electron chi connectivity index (χ1n) is 8.74. The quantitative estimate of drug-likeness (QED) is 0.678. The monoisotopic (exact) mass is 407 g/mol. The smallest absolute Gasteiger partial charge is 0.164 e. The first-order chi connectivity index (χ1) is 13.0. The first-order valence-corrected chi connectivity index (χ1v) is 9.93. The minimum absolute atomic E-state index is 0.459. The Balaban J connectivity index is 1.50. The number of aliphatic hydroxyl groups excluding tert-OH is 2. The highest BCUT2D eigenvalue weighted by atomic mass is 35.5. The second-order valence-corrected chi connectivity index (χ2v) is 8.59. The average molecular weight is 408 g/mol. The molecule has 0 aromatic carbocycles. The van der Waals surface area contributed by atoms with Crippen LogP contribution in [-0.4, -0.2) is 49.7 Å². The summed E-state index contributed by atoms with van der Waals surface area (Å²) in [4.78, 5) is 9.46. The number of thiophene rings is 1. The van der Waals surface area contributed by atoms with E-state index >= 15 is 0 Å². The van der Waals surface area contributed by atoms with Gasteiger partial charge in [-0.2, -0.15) is 0 Å². The summed E-state index contributed by atoms with van der Waals surface area (Å²) in [5, 5.41) is 22.3. The molecule has 0 bridgehead atoms. The van der Waals surface area contributed by atoms with Crippen molar-refractivity contribution < 1.29 is 19.7 Å². The standard InChI is InChI=1S/C18H18ClN3O4S/c1-8-10-2-4-22(17(10)21-7-20-8)18-13(24)12(23)14(26-18)15-16-9(3-5-25-15)6-11(19)27-16/h2,4,6-7,12-15,18,23-24H,3,5H2,1H3/t12-,13+,14-,15-,18+/m0/s1. The molecule has 0 aliphatic carbocycles. The Hall–Kier alpha value is -1.55.